The zero-order chi connectivity index (χ0) is 15.8. The van der Waals surface area contributed by atoms with E-state index in [1.807, 2.05) is 0 Å². The average Bonchev–Trinajstić information content (AvgIpc) is 2.34. The van der Waals surface area contributed by atoms with Gasteiger partial charge in [0.15, 0.2) is 0 Å². The molecule has 0 rings (SSSR count). The Morgan fingerprint density at radius 2 is 1.65 bits per heavy atom. The normalized spacial score (nSPS) is 9.75. The second kappa shape index (κ2) is 15.4. The lowest BCUT2D eigenvalue weighted by molar-refractivity contribution is -0.144. The van der Waals surface area contributed by atoms with Gasteiger partial charge in [-0.25, -0.2) is 0 Å². The number of carboxylic acid groups (broad SMARTS) is 1. The molecule has 0 spiro atoms. The van der Waals surface area contributed by atoms with Crippen molar-refractivity contribution in [3.8, 4) is 0 Å². The number of aliphatic carboxylic acids is 1. The molecule has 0 radical (unpaired) electrons. The summed E-state index contributed by atoms with van der Waals surface area (Å²) in [4.78, 5) is 30.5. The van der Waals surface area contributed by atoms with Crippen LogP contribution in [-0.2, 0) is 19.1 Å². The molecular formula is C15H26O5. The SMILES string of the molecule is CC(C)=O.CCCCCCC=COC(=O)CCC(=O)O. The Bertz CT molecular complexity index is 303. The number of carboxylic acids is 1. The molecule has 0 saturated heterocycles. The molecule has 0 amide bonds. The maximum absolute atomic E-state index is 10.9. The van der Waals surface area contributed by atoms with Gasteiger partial charge in [-0.3, -0.25) is 9.59 Å². The summed E-state index contributed by atoms with van der Waals surface area (Å²) in [5.74, 6) is -1.31. The minimum absolute atomic E-state index is 0.0739. The molecule has 0 bridgehead atoms. The Labute approximate surface area is 121 Å². The Balaban J connectivity index is 0. The van der Waals surface area contributed by atoms with Crippen LogP contribution >= 0.6 is 0 Å². The number of carbonyl (C=O) groups excluding carboxylic acids is 2. The van der Waals surface area contributed by atoms with Crippen molar-refractivity contribution in [1.29, 1.82) is 0 Å². The largest absolute Gasteiger partial charge is 0.481 e. The van der Waals surface area contributed by atoms with Crippen LogP contribution in [0.1, 0.15) is 65.7 Å². The Morgan fingerprint density at radius 1 is 1.05 bits per heavy atom. The van der Waals surface area contributed by atoms with Gasteiger partial charge in [-0.1, -0.05) is 26.2 Å². The predicted octanol–water partition coefficient (Wildman–Crippen LogP) is 3.47. The molecule has 0 aromatic carbocycles. The zero-order valence-corrected chi connectivity index (χ0v) is 12.7. The van der Waals surface area contributed by atoms with E-state index in [4.69, 9.17) is 9.84 Å². The minimum atomic E-state index is -0.986. The smallest absolute Gasteiger partial charge is 0.311 e. The van der Waals surface area contributed by atoms with Crippen molar-refractivity contribution in [2.45, 2.75) is 65.7 Å². The first-order valence-corrected chi connectivity index (χ1v) is 6.93. The van der Waals surface area contributed by atoms with Crippen molar-refractivity contribution in [1.82, 2.24) is 0 Å². The standard InChI is InChI=1S/C12H20O4.C3H6O/c1-2-3-4-5-6-7-10-16-12(15)9-8-11(13)14;1-3(2)4/h7,10H,2-6,8-9H2,1H3,(H,13,14);1-2H3. The van der Waals surface area contributed by atoms with Gasteiger partial charge in [0, 0.05) is 0 Å². The summed E-state index contributed by atoms with van der Waals surface area (Å²) in [5, 5.41) is 8.33. The summed E-state index contributed by atoms with van der Waals surface area (Å²) >= 11 is 0. The van der Waals surface area contributed by atoms with E-state index in [9.17, 15) is 14.4 Å². The highest BCUT2D eigenvalue weighted by Gasteiger charge is 2.04. The van der Waals surface area contributed by atoms with Crippen LogP contribution in [-0.4, -0.2) is 22.8 Å². The highest BCUT2D eigenvalue weighted by atomic mass is 16.5. The number of ether oxygens (including phenoxy) is 1. The van der Waals surface area contributed by atoms with Crippen LogP contribution in [0.5, 0.6) is 0 Å². The quantitative estimate of drug-likeness (QED) is 0.399. The molecule has 5 nitrogen and oxygen atoms in total. The summed E-state index contributed by atoms with van der Waals surface area (Å²) in [6, 6.07) is 0. The van der Waals surface area contributed by atoms with Crippen LogP contribution in [0.4, 0.5) is 0 Å². The van der Waals surface area contributed by atoms with Crippen molar-refractivity contribution in [2.24, 2.45) is 0 Å². The predicted molar refractivity (Wildman–Crippen MR) is 77.2 cm³/mol. The van der Waals surface area contributed by atoms with E-state index in [1.54, 1.807) is 6.08 Å². The Morgan fingerprint density at radius 3 is 2.15 bits per heavy atom. The topological polar surface area (TPSA) is 80.7 Å². The van der Waals surface area contributed by atoms with Gasteiger partial charge in [-0.05, 0) is 32.8 Å². The van der Waals surface area contributed by atoms with Gasteiger partial charge < -0.3 is 14.6 Å². The van der Waals surface area contributed by atoms with E-state index in [-0.39, 0.29) is 18.6 Å². The lowest BCUT2D eigenvalue weighted by atomic mass is 10.1. The molecule has 116 valence electrons. The van der Waals surface area contributed by atoms with E-state index in [0.29, 0.717) is 0 Å². The van der Waals surface area contributed by atoms with Gasteiger partial charge in [0.2, 0.25) is 0 Å². The van der Waals surface area contributed by atoms with E-state index in [2.05, 4.69) is 6.92 Å². The molecule has 0 saturated carbocycles. The van der Waals surface area contributed by atoms with Gasteiger partial charge in [0.1, 0.15) is 5.78 Å². The Hall–Kier alpha value is -1.65. The molecular weight excluding hydrogens is 260 g/mol. The van der Waals surface area contributed by atoms with Crippen LogP contribution in [0.25, 0.3) is 0 Å². The van der Waals surface area contributed by atoms with Gasteiger partial charge in [0.25, 0.3) is 0 Å². The molecule has 0 fully saturated rings. The van der Waals surface area contributed by atoms with E-state index in [0.717, 1.165) is 12.8 Å². The van der Waals surface area contributed by atoms with E-state index in [1.165, 1.54) is 39.4 Å². The van der Waals surface area contributed by atoms with Crippen molar-refractivity contribution >= 4 is 17.7 Å². The molecule has 0 unspecified atom stereocenters. The number of Topliss-reactive ketones (excluding diaryl/α,β-unsaturated/α-hetero) is 1. The number of allylic oxidation sites excluding steroid dienone is 1. The number of ketones is 1. The van der Waals surface area contributed by atoms with Gasteiger partial charge >= 0.3 is 11.9 Å². The number of hydrogen-bond donors (Lipinski definition) is 1. The number of unbranched alkanes of at least 4 members (excludes halogenated alkanes) is 4. The monoisotopic (exact) mass is 286 g/mol. The van der Waals surface area contributed by atoms with Gasteiger partial charge in [-0.2, -0.15) is 0 Å². The second-order valence-corrected chi connectivity index (χ2v) is 4.51. The first-order valence-electron chi connectivity index (χ1n) is 6.93. The summed E-state index contributed by atoms with van der Waals surface area (Å²) in [6.45, 7) is 5.21. The second-order valence-electron chi connectivity index (χ2n) is 4.51. The van der Waals surface area contributed by atoms with Crippen molar-refractivity contribution in [3.63, 3.8) is 0 Å². The maximum Gasteiger partial charge on any atom is 0.311 e. The molecule has 0 atom stereocenters. The molecule has 0 aliphatic rings. The minimum Gasteiger partial charge on any atom is -0.481 e. The zero-order valence-electron chi connectivity index (χ0n) is 12.7. The van der Waals surface area contributed by atoms with Crippen molar-refractivity contribution < 1.29 is 24.2 Å². The van der Waals surface area contributed by atoms with E-state index >= 15 is 0 Å². The summed E-state index contributed by atoms with van der Waals surface area (Å²) < 4.78 is 4.72. The molecule has 0 aliphatic heterocycles. The van der Waals surface area contributed by atoms with Crippen LogP contribution in [0, 0.1) is 0 Å². The molecule has 0 aliphatic carbocycles. The summed E-state index contributed by atoms with van der Waals surface area (Å²) in [7, 11) is 0. The number of carbonyl (C=O) groups is 3. The fourth-order valence-electron chi connectivity index (χ4n) is 1.15. The van der Waals surface area contributed by atoms with Crippen molar-refractivity contribution in [2.75, 3.05) is 0 Å². The lowest BCUT2D eigenvalue weighted by Gasteiger charge is -1.97. The maximum atomic E-state index is 10.9. The van der Waals surface area contributed by atoms with Gasteiger partial charge in [0.05, 0.1) is 19.1 Å². The molecule has 0 heterocycles. The Kier molecular flexibility index (Phi) is 15.9. The third kappa shape index (κ3) is 25.3. The fraction of sp³-hybridized carbons (Fsp3) is 0.667. The van der Waals surface area contributed by atoms with Crippen LogP contribution in [0.3, 0.4) is 0 Å². The molecule has 5 heteroatoms. The third-order valence-electron chi connectivity index (χ3n) is 2.06. The van der Waals surface area contributed by atoms with E-state index < -0.39 is 11.9 Å². The molecule has 1 N–H and O–H groups in total. The van der Waals surface area contributed by atoms with Crippen LogP contribution in [0.15, 0.2) is 12.3 Å². The molecule has 0 aromatic heterocycles. The van der Waals surface area contributed by atoms with Crippen LogP contribution < -0.4 is 0 Å². The first-order chi connectivity index (χ1) is 9.40. The lowest BCUT2D eigenvalue weighted by Crippen LogP contribution is -2.03. The first kappa shape index (κ1) is 20.7. The van der Waals surface area contributed by atoms with Crippen molar-refractivity contribution in [3.05, 3.63) is 12.3 Å². The fourth-order valence-corrected chi connectivity index (χ4v) is 1.15. The van der Waals surface area contributed by atoms with Crippen LogP contribution in [0.2, 0.25) is 0 Å². The summed E-state index contributed by atoms with van der Waals surface area (Å²) in [5.41, 5.74) is 0. The summed E-state index contributed by atoms with van der Waals surface area (Å²) in [6.07, 6.45) is 8.51. The van der Waals surface area contributed by atoms with Gasteiger partial charge in [-0.15, -0.1) is 0 Å². The highest BCUT2D eigenvalue weighted by Crippen LogP contribution is 2.03. The average molecular weight is 286 g/mol. The molecule has 20 heavy (non-hydrogen) atoms. The number of hydrogen-bond acceptors (Lipinski definition) is 4. The highest BCUT2D eigenvalue weighted by molar-refractivity contribution is 5.76. The molecule has 0 aromatic rings. The number of esters is 1. The number of rotatable bonds is 9. The third-order valence-corrected chi connectivity index (χ3v) is 2.06.